The minimum atomic E-state index is -1.29. The van der Waals surface area contributed by atoms with Crippen LogP contribution in [0.2, 0.25) is 0 Å². The van der Waals surface area contributed by atoms with E-state index in [1.807, 2.05) is 13.8 Å². The van der Waals surface area contributed by atoms with E-state index in [-0.39, 0.29) is 0 Å². The third-order valence-corrected chi connectivity index (χ3v) is 23.3. The molecule has 0 N–H and O–H groups in total. The van der Waals surface area contributed by atoms with Gasteiger partial charge in [0.1, 0.15) is 0 Å². The molecule has 1 heterocycles. The van der Waals surface area contributed by atoms with E-state index in [0.29, 0.717) is 0 Å². The zero-order valence-electron chi connectivity index (χ0n) is 6.58. The SMILES string of the molecule is Cc1oc(C)[c]([Hg][Cl])[c]1[Hg][Cl]. The van der Waals surface area contributed by atoms with E-state index in [0.717, 1.165) is 11.5 Å². The van der Waals surface area contributed by atoms with E-state index in [1.165, 1.54) is 6.14 Å². The molecule has 0 aliphatic carbocycles. The predicted molar refractivity (Wildman–Crippen MR) is 39.2 cm³/mol. The summed E-state index contributed by atoms with van der Waals surface area (Å²) >= 11 is -2.58. The summed E-state index contributed by atoms with van der Waals surface area (Å²) in [5.41, 5.74) is 0. The van der Waals surface area contributed by atoms with Crippen molar-refractivity contribution in [2.45, 2.75) is 13.8 Å². The third kappa shape index (κ3) is 2.35. The van der Waals surface area contributed by atoms with E-state index in [1.54, 1.807) is 0 Å². The summed E-state index contributed by atoms with van der Waals surface area (Å²) in [6.45, 7) is 3.99. The monoisotopic (exact) mass is 568 g/mol. The molecule has 0 aliphatic rings. The van der Waals surface area contributed by atoms with Gasteiger partial charge in [0.2, 0.25) is 0 Å². The number of rotatable bonds is 2. The van der Waals surface area contributed by atoms with Gasteiger partial charge >= 0.3 is 99.1 Å². The Labute approximate surface area is 97.6 Å². The van der Waals surface area contributed by atoms with Crippen LogP contribution in [0.4, 0.5) is 0 Å². The van der Waals surface area contributed by atoms with Gasteiger partial charge in [0.25, 0.3) is 0 Å². The second-order valence-electron chi connectivity index (χ2n) is 2.44. The van der Waals surface area contributed by atoms with Crippen molar-refractivity contribution < 1.29 is 51.1 Å². The van der Waals surface area contributed by atoms with E-state index in [4.69, 9.17) is 20.9 Å². The molecule has 1 nitrogen and oxygen atoms in total. The first-order valence-corrected chi connectivity index (χ1v) is 22.4. The number of furan rings is 1. The number of halogens is 2. The topological polar surface area (TPSA) is 13.1 Å². The molecule has 0 fully saturated rings. The second kappa shape index (κ2) is 4.83. The van der Waals surface area contributed by atoms with Crippen molar-refractivity contribution in [3.8, 4) is 0 Å². The first kappa shape index (κ1) is 10.8. The van der Waals surface area contributed by atoms with Crippen LogP contribution in [0.15, 0.2) is 4.42 Å². The average Bonchev–Trinajstić information content (AvgIpc) is 2.24. The Morgan fingerprint density at radius 1 is 1.00 bits per heavy atom. The van der Waals surface area contributed by atoms with Gasteiger partial charge in [-0.05, 0) is 0 Å². The van der Waals surface area contributed by atoms with Gasteiger partial charge in [-0.3, -0.25) is 0 Å². The fourth-order valence-electron chi connectivity index (χ4n) is 1.13. The van der Waals surface area contributed by atoms with Crippen molar-refractivity contribution in [2.75, 3.05) is 0 Å². The maximum absolute atomic E-state index is 5.97. The Morgan fingerprint density at radius 3 is 1.64 bits per heavy atom. The Morgan fingerprint density at radius 2 is 1.36 bits per heavy atom. The number of hydrogen-bond donors (Lipinski definition) is 0. The van der Waals surface area contributed by atoms with Crippen molar-refractivity contribution in [2.24, 2.45) is 0 Å². The van der Waals surface area contributed by atoms with E-state index < -0.39 is 46.7 Å². The van der Waals surface area contributed by atoms with Crippen molar-refractivity contribution in [3.63, 3.8) is 0 Å². The second-order valence-corrected chi connectivity index (χ2v) is 14.7. The Kier molecular flexibility index (Phi) is 4.74. The van der Waals surface area contributed by atoms with Gasteiger partial charge in [-0.15, -0.1) is 0 Å². The Balaban J connectivity index is 3.17. The van der Waals surface area contributed by atoms with Crippen LogP contribution < -0.4 is 6.14 Å². The normalized spacial score (nSPS) is 9.09. The molecule has 1 aromatic heterocycles. The third-order valence-electron chi connectivity index (χ3n) is 1.79. The average molecular weight is 566 g/mol. The standard InChI is InChI=1S/C6H6O.2ClH.2Hg/c1-5-3-4-6(2)7-5;;;;/h1-2H3;2*1H;;/q;;;2*+1/p-2. The molecule has 54 valence electrons. The maximum atomic E-state index is 5.97. The first-order chi connectivity index (χ1) is 5.20. The van der Waals surface area contributed by atoms with Crippen molar-refractivity contribution >= 4 is 22.6 Å². The summed E-state index contributed by atoms with van der Waals surface area (Å²) in [6.07, 6.45) is 0. The zero-order valence-corrected chi connectivity index (χ0v) is 19.1. The molecule has 0 radical (unpaired) electrons. The van der Waals surface area contributed by atoms with Gasteiger partial charge in [-0.2, -0.15) is 0 Å². The van der Waals surface area contributed by atoms with Crippen LogP contribution in [0, 0.1) is 13.8 Å². The van der Waals surface area contributed by atoms with Gasteiger partial charge in [0.05, 0.1) is 0 Å². The van der Waals surface area contributed by atoms with Gasteiger partial charge in [0.15, 0.2) is 0 Å². The van der Waals surface area contributed by atoms with Crippen molar-refractivity contribution in [1.29, 1.82) is 0 Å². The molecular formula is C6H6Cl2Hg2O. The Hall–Kier alpha value is 1.73. The molecule has 0 saturated heterocycles. The molecular weight excluding hydrogens is 560 g/mol. The van der Waals surface area contributed by atoms with Crippen LogP contribution in [0.3, 0.4) is 0 Å². The Bertz CT molecular complexity index is 235. The molecule has 11 heavy (non-hydrogen) atoms. The molecule has 5 heteroatoms. The van der Waals surface area contributed by atoms with Crippen LogP contribution in [0.5, 0.6) is 0 Å². The summed E-state index contributed by atoms with van der Waals surface area (Å²) in [7, 11) is 11.9. The molecule has 1 rings (SSSR count). The molecule has 0 aliphatic heterocycles. The zero-order chi connectivity index (χ0) is 8.43. The fraction of sp³-hybridized carbons (Fsp3) is 0.333. The summed E-state index contributed by atoms with van der Waals surface area (Å²) in [4.78, 5) is 0. The van der Waals surface area contributed by atoms with Gasteiger partial charge < -0.3 is 0 Å². The molecule has 0 atom stereocenters. The van der Waals surface area contributed by atoms with Crippen LogP contribution in [0.25, 0.3) is 0 Å². The van der Waals surface area contributed by atoms with Crippen LogP contribution >= 0.6 is 16.5 Å². The molecule has 0 aromatic carbocycles. The summed E-state index contributed by atoms with van der Waals surface area (Å²) < 4.78 is 8.19. The van der Waals surface area contributed by atoms with Crippen LogP contribution in [-0.2, 0) is 46.7 Å². The number of hydrogen-bond acceptors (Lipinski definition) is 1. The molecule has 0 bridgehead atoms. The van der Waals surface area contributed by atoms with Crippen molar-refractivity contribution in [1.82, 2.24) is 0 Å². The molecule has 0 unspecified atom stereocenters. The van der Waals surface area contributed by atoms with Crippen LogP contribution in [0.1, 0.15) is 11.5 Å². The van der Waals surface area contributed by atoms with E-state index in [2.05, 4.69) is 0 Å². The summed E-state index contributed by atoms with van der Waals surface area (Å²) in [5.74, 6) is 2.07. The number of aryl methyl sites for hydroxylation is 2. The first-order valence-electron chi connectivity index (χ1n) is 3.40. The van der Waals surface area contributed by atoms with Gasteiger partial charge in [-0.1, -0.05) is 0 Å². The van der Waals surface area contributed by atoms with Gasteiger partial charge in [0, 0.05) is 0 Å². The van der Waals surface area contributed by atoms with E-state index in [9.17, 15) is 0 Å². The molecule has 0 saturated carbocycles. The quantitative estimate of drug-likeness (QED) is 0.497. The van der Waals surface area contributed by atoms with Crippen molar-refractivity contribution in [3.05, 3.63) is 11.5 Å². The fourth-order valence-corrected chi connectivity index (χ4v) is 31.8. The van der Waals surface area contributed by atoms with Crippen LogP contribution in [-0.4, -0.2) is 0 Å². The predicted octanol–water partition coefficient (Wildman–Crippen LogP) is 1.62. The summed E-state index contributed by atoms with van der Waals surface area (Å²) in [5, 5.41) is 0. The molecule has 0 spiro atoms. The van der Waals surface area contributed by atoms with Gasteiger partial charge in [-0.25, -0.2) is 0 Å². The van der Waals surface area contributed by atoms with E-state index >= 15 is 0 Å². The molecule has 0 amide bonds. The summed E-state index contributed by atoms with van der Waals surface area (Å²) in [6, 6.07) is 0. The molecule has 1 aromatic rings. The minimum absolute atomic E-state index is 1.04.